The molecule has 2 aromatic rings. The Balaban J connectivity index is 1.25. The number of likely N-dealkylation sites (tertiary alicyclic amines) is 1. The van der Waals surface area contributed by atoms with Gasteiger partial charge in [-0.15, -0.1) is 0 Å². The third-order valence-electron chi connectivity index (χ3n) is 6.53. The van der Waals surface area contributed by atoms with Crippen LogP contribution >= 0.6 is 0 Å². The number of benzene rings is 1. The number of pyridine rings is 1. The van der Waals surface area contributed by atoms with E-state index in [2.05, 4.69) is 33.4 Å². The average Bonchev–Trinajstić information content (AvgIpc) is 2.75. The van der Waals surface area contributed by atoms with Crippen LogP contribution in [-0.4, -0.2) is 47.9 Å². The zero-order chi connectivity index (χ0) is 21.8. The van der Waals surface area contributed by atoms with Crippen molar-refractivity contribution in [2.45, 2.75) is 45.4 Å². The summed E-state index contributed by atoms with van der Waals surface area (Å²) in [7, 11) is 0. The van der Waals surface area contributed by atoms with Gasteiger partial charge in [0, 0.05) is 44.5 Å². The van der Waals surface area contributed by atoms with Crippen LogP contribution < -0.4 is 10.2 Å². The number of carbonyl (C=O) groups is 2. The van der Waals surface area contributed by atoms with E-state index < -0.39 is 0 Å². The Morgan fingerprint density at radius 1 is 1.10 bits per heavy atom. The summed E-state index contributed by atoms with van der Waals surface area (Å²) >= 11 is 0. The summed E-state index contributed by atoms with van der Waals surface area (Å²) in [5.41, 5.74) is 4.25. The number of nitrogens with one attached hydrogen (secondary N) is 1. The standard InChI is InChI=1S/C25H32N4O2/c1-3-5-24(30)28-14-11-20(12-15-28)19-7-9-22(10-8-19)27-25(31)21-16-29(17-21)23-6-4-13-26-18(23)2/h4,6-10,13,20-21H,3,5,11-12,14-17H2,1-2H3,(H,27,31). The molecule has 2 aliphatic rings. The van der Waals surface area contributed by atoms with Crippen LogP contribution in [-0.2, 0) is 9.59 Å². The van der Waals surface area contributed by atoms with Crippen molar-refractivity contribution in [2.75, 3.05) is 36.4 Å². The lowest BCUT2D eigenvalue weighted by Gasteiger charge is -2.40. The summed E-state index contributed by atoms with van der Waals surface area (Å²) < 4.78 is 0. The third kappa shape index (κ3) is 4.89. The van der Waals surface area contributed by atoms with Gasteiger partial charge in [0.05, 0.1) is 17.3 Å². The highest BCUT2D eigenvalue weighted by Crippen LogP contribution is 2.30. The van der Waals surface area contributed by atoms with Crippen LogP contribution in [0.4, 0.5) is 11.4 Å². The number of piperidine rings is 1. The Bertz CT molecular complexity index is 913. The topological polar surface area (TPSA) is 65.5 Å². The van der Waals surface area contributed by atoms with Crippen molar-refractivity contribution in [3.63, 3.8) is 0 Å². The average molecular weight is 421 g/mol. The number of hydrogen-bond acceptors (Lipinski definition) is 4. The molecule has 2 aliphatic heterocycles. The summed E-state index contributed by atoms with van der Waals surface area (Å²) in [6.45, 7) is 7.19. The fraction of sp³-hybridized carbons (Fsp3) is 0.480. The van der Waals surface area contributed by atoms with Crippen molar-refractivity contribution in [1.29, 1.82) is 0 Å². The number of aromatic nitrogens is 1. The minimum atomic E-state index is 0.00395. The first-order valence-electron chi connectivity index (χ1n) is 11.4. The van der Waals surface area contributed by atoms with Crippen LogP contribution in [0.1, 0.15) is 49.8 Å². The van der Waals surface area contributed by atoms with E-state index in [4.69, 9.17) is 0 Å². The summed E-state index contributed by atoms with van der Waals surface area (Å²) in [5, 5.41) is 3.06. The predicted octanol–water partition coefficient (Wildman–Crippen LogP) is 3.97. The molecule has 1 aromatic carbocycles. The van der Waals surface area contributed by atoms with E-state index >= 15 is 0 Å². The first kappa shape index (κ1) is 21.3. The van der Waals surface area contributed by atoms with Gasteiger partial charge in [-0.05, 0) is 61.9 Å². The molecule has 164 valence electrons. The number of anilines is 2. The molecule has 4 rings (SSSR count). The smallest absolute Gasteiger partial charge is 0.231 e. The highest BCUT2D eigenvalue weighted by Gasteiger charge is 2.33. The molecule has 6 nitrogen and oxygen atoms in total. The number of aryl methyl sites for hydroxylation is 1. The Hall–Kier alpha value is -2.89. The van der Waals surface area contributed by atoms with Crippen LogP contribution in [0.2, 0.25) is 0 Å². The zero-order valence-electron chi connectivity index (χ0n) is 18.5. The summed E-state index contributed by atoms with van der Waals surface area (Å²) in [6.07, 6.45) is 5.37. The Morgan fingerprint density at radius 3 is 2.45 bits per heavy atom. The van der Waals surface area contributed by atoms with E-state index in [0.717, 1.165) is 62.5 Å². The molecule has 0 saturated carbocycles. The predicted molar refractivity (Wildman–Crippen MR) is 123 cm³/mol. The molecular formula is C25H32N4O2. The van der Waals surface area contributed by atoms with E-state index in [1.165, 1.54) is 5.56 Å². The Labute approximate surface area is 184 Å². The largest absolute Gasteiger partial charge is 0.368 e. The van der Waals surface area contributed by atoms with Crippen molar-refractivity contribution in [3.05, 3.63) is 53.9 Å². The van der Waals surface area contributed by atoms with Crippen molar-refractivity contribution in [2.24, 2.45) is 5.92 Å². The maximum absolute atomic E-state index is 12.6. The molecule has 0 radical (unpaired) electrons. The van der Waals surface area contributed by atoms with Gasteiger partial charge in [-0.2, -0.15) is 0 Å². The second kappa shape index (κ2) is 9.50. The van der Waals surface area contributed by atoms with E-state index in [9.17, 15) is 9.59 Å². The van der Waals surface area contributed by atoms with Gasteiger partial charge < -0.3 is 15.1 Å². The van der Waals surface area contributed by atoms with Gasteiger partial charge in [0.1, 0.15) is 0 Å². The number of hydrogen-bond donors (Lipinski definition) is 1. The van der Waals surface area contributed by atoms with Crippen LogP contribution in [0.3, 0.4) is 0 Å². The second-order valence-corrected chi connectivity index (χ2v) is 8.73. The quantitative estimate of drug-likeness (QED) is 0.768. The number of nitrogens with zero attached hydrogens (tertiary/aromatic N) is 3. The molecule has 0 spiro atoms. The maximum atomic E-state index is 12.6. The molecule has 0 atom stereocenters. The first-order valence-corrected chi connectivity index (χ1v) is 11.4. The molecule has 6 heteroatoms. The summed E-state index contributed by atoms with van der Waals surface area (Å²) in [6, 6.07) is 12.2. The van der Waals surface area contributed by atoms with E-state index in [0.29, 0.717) is 12.3 Å². The SMILES string of the molecule is CCCC(=O)N1CCC(c2ccc(NC(=O)C3CN(c4cccnc4C)C3)cc2)CC1. The van der Waals surface area contributed by atoms with Crippen LogP contribution in [0, 0.1) is 12.8 Å². The van der Waals surface area contributed by atoms with Gasteiger partial charge in [0.2, 0.25) is 11.8 Å². The highest BCUT2D eigenvalue weighted by molar-refractivity contribution is 5.94. The summed E-state index contributed by atoms with van der Waals surface area (Å²) in [5.74, 6) is 0.850. The zero-order valence-corrected chi connectivity index (χ0v) is 18.5. The molecule has 2 fully saturated rings. The monoisotopic (exact) mass is 420 g/mol. The van der Waals surface area contributed by atoms with Gasteiger partial charge in [-0.3, -0.25) is 14.6 Å². The highest BCUT2D eigenvalue weighted by atomic mass is 16.2. The fourth-order valence-corrected chi connectivity index (χ4v) is 4.57. The summed E-state index contributed by atoms with van der Waals surface area (Å²) in [4.78, 5) is 33.2. The molecule has 31 heavy (non-hydrogen) atoms. The Kier molecular flexibility index (Phi) is 6.54. The molecule has 1 N–H and O–H groups in total. The van der Waals surface area contributed by atoms with Crippen molar-refractivity contribution in [1.82, 2.24) is 9.88 Å². The maximum Gasteiger partial charge on any atom is 0.231 e. The van der Waals surface area contributed by atoms with Crippen LogP contribution in [0.25, 0.3) is 0 Å². The lowest BCUT2D eigenvalue weighted by molar-refractivity contribution is -0.132. The number of rotatable bonds is 6. The van der Waals surface area contributed by atoms with Crippen LogP contribution in [0.5, 0.6) is 0 Å². The van der Waals surface area contributed by atoms with Crippen molar-refractivity contribution >= 4 is 23.2 Å². The molecule has 2 saturated heterocycles. The van der Waals surface area contributed by atoms with Gasteiger partial charge in [-0.1, -0.05) is 19.1 Å². The number of amides is 2. The van der Waals surface area contributed by atoms with Gasteiger partial charge in [-0.25, -0.2) is 0 Å². The molecular weight excluding hydrogens is 388 g/mol. The lowest BCUT2D eigenvalue weighted by atomic mass is 9.89. The molecule has 3 heterocycles. The second-order valence-electron chi connectivity index (χ2n) is 8.73. The normalized spacial score (nSPS) is 17.4. The number of carbonyl (C=O) groups excluding carboxylic acids is 2. The van der Waals surface area contributed by atoms with Gasteiger partial charge in [0.15, 0.2) is 0 Å². The molecule has 2 amide bonds. The lowest BCUT2D eigenvalue weighted by Crippen LogP contribution is -2.52. The van der Waals surface area contributed by atoms with E-state index in [1.807, 2.05) is 36.9 Å². The van der Waals surface area contributed by atoms with Gasteiger partial charge in [0.25, 0.3) is 0 Å². The first-order chi connectivity index (χ1) is 15.0. The minimum absolute atomic E-state index is 0.00395. The van der Waals surface area contributed by atoms with Crippen LogP contribution in [0.15, 0.2) is 42.6 Å². The molecule has 0 unspecified atom stereocenters. The third-order valence-corrected chi connectivity index (χ3v) is 6.53. The molecule has 1 aromatic heterocycles. The van der Waals surface area contributed by atoms with Gasteiger partial charge >= 0.3 is 0 Å². The minimum Gasteiger partial charge on any atom is -0.368 e. The molecule has 0 bridgehead atoms. The van der Waals surface area contributed by atoms with E-state index in [1.54, 1.807) is 6.20 Å². The molecule has 0 aliphatic carbocycles. The Morgan fingerprint density at radius 2 is 1.81 bits per heavy atom. The fourth-order valence-electron chi connectivity index (χ4n) is 4.57. The van der Waals surface area contributed by atoms with E-state index in [-0.39, 0.29) is 17.7 Å². The van der Waals surface area contributed by atoms with Crippen molar-refractivity contribution in [3.8, 4) is 0 Å². The van der Waals surface area contributed by atoms with Crippen molar-refractivity contribution < 1.29 is 9.59 Å².